The number of benzene rings is 1. The molecule has 5 heteroatoms. The molecule has 2 aliphatic heterocycles. The molecular weight excluding hydrogens is 302 g/mol. The predicted octanol–water partition coefficient (Wildman–Crippen LogP) is 1.73. The maximum Gasteiger partial charge on any atom is 0.225 e. The molecule has 0 atom stereocenters. The molecule has 1 aromatic rings. The van der Waals surface area contributed by atoms with Crippen molar-refractivity contribution >= 4 is 5.91 Å². The van der Waals surface area contributed by atoms with Crippen LogP contribution in [-0.2, 0) is 11.3 Å². The molecule has 2 fully saturated rings. The molecule has 0 aliphatic carbocycles. The Morgan fingerprint density at radius 3 is 2.58 bits per heavy atom. The zero-order chi connectivity index (χ0) is 16.8. The molecule has 0 unspecified atom stereocenters. The van der Waals surface area contributed by atoms with Crippen molar-refractivity contribution in [2.45, 2.75) is 25.8 Å². The van der Waals surface area contributed by atoms with Crippen LogP contribution in [0.1, 0.15) is 24.8 Å². The zero-order valence-corrected chi connectivity index (χ0v) is 14.7. The third kappa shape index (κ3) is 4.48. The van der Waals surface area contributed by atoms with E-state index in [2.05, 4.69) is 27.2 Å². The summed E-state index contributed by atoms with van der Waals surface area (Å²) in [5.74, 6) is 1.51. The first-order chi connectivity index (χ1) is 11.8. The molecule has 132 valence electrons. The van der Waals surface area contributed by atoms with Crippen molar-refractivity contribution in [2.75, 3.05) is 46.4 Å². The van der Waals surface area contributed by atoms with Crippen molar-refractivity contribution in [1.82, 2.24) is 15.1 Å². The minimum atomic E-state index is 0.236. The van der Waals surface area contributed by atoms with Gasteiger partial charge in [-0.25, -0.2) is 0 Å². The smallest absolute Gasteiger partial charge is 0.225 e. The first-order valence-corrected chi connectivity index (χ1v) is 9.11. The minimum Gasteiger partial charge on any atom is -0.497 e. The van der Waals surface area contributed by atoms with E-state index in [1.807, 2.05) is 12.1 Å². The minimum absolute atomic E-state index is 0.236. The first kappa shape index (κ1) is 17.2. The Bertz CT molecular complexity index is 526. The number of rotatable bonds is 4. The predicted molar refractivity (Wildman–Crippen MR) is 95.1 cm³/mol. The third-order valence-electron chi connectivity index (χ3n) is 5.15. The van der Waals surface area contributed by atoms with Crippen LogP contribution in [0.3, 0.4) is 0 Å². The van der Waals surface area contributed by atoms with E-state index in [4.69, 9.17) is 4.74 Å². The lowest BCUT2D eigenvalue weighted by Gasteiger charge is -2.29. The van der Waals surface area contributed by atoms with Crippen molar-refractivity contribution in [3.05, 3.63) is 29.8 Å². The van der Waals surface area contributed by atoms with Gasteiger partial charge in [0.15, 0.2) is 0 Å². The number of nitrogens with one attached hydrogen (secondary N) is 1. The summed E-state index contributed by atoms with van der Waals surface area (Å²) in [4.78, 5) is 17.3. The van der Waals surface area contributed by atoms with Crippen molar-refractivity contribution in [1.29, 1.82) is 0 Å². The highest BCUT2D eigenvalue weighted by Crippen LogP contribution is 2.18. The van der Waals surface area contributed by atoms with Crippen molar-refractivity contribution in [3.63, 3.8) is 0 Å². The Balaban J connectivity index is 1.51. The summed E-state index contributed by atoms with van der Waals surface area (Å²) < 4.78 is 5.21. The summed E-state index contributed by atoms with van der Waals surface area (Å²) >= 11 is 0. The fourth-order valence-corrected chi connectivity index (χ4v) is 3.67. The van der Waals surface area contributed by atoms with Crippen LogP contribution < -0.4 is 10.1 Å². The normalized spacial score (nSPS) is 20.6. The van der Waals surface area contributed by atoms with Gasteiger partial charge in [0.2, 0.25) is 5.91 Å². The molecular formula is C19H29N3O2. The zero-order valence-electron chi connectivity index (χ0n) is 14.7. The highest BCUT2D eigenvalue weighted by molar-refractivity contribution is 5.79. The fourth-order valence-electron chi connectivity index (χ4n) is 3.67. The topological polar surface area (TPSA) is 44.8 Å². The molecule has 3 rings (SSSR count). The Kier molecular flexibility index (Phi) is 6.10. The number of carbonyl (C=O) groups excluding carboxylic acids is 1. The number of amides is 1. The average molecular weight is 331 g/mol. The van der Waals surface area contributed by atoms with Crippen LogP contribution in [0, 0.1) is 5.92 Å². The number of piperidine rings is 1. The molecule has 1 N–H and O–H groups in total. The van der Waals surface area contributed by atoms with Crippen LogP contribution in [0.4, 0.5) is 0 Å². The molecule has 2 heterocycles. The molecule has 1 aromatic carbocycles. The number of nitrogens with zero attached hydrogens (tertiary/aromatic N) is 2. The lowest BCUT2D eigenvalue weighted by Crippen LogP contribution is -2.42. The standard InChI is InChI=1S/C19H29N3O2/c1-24-18-5-3-16(4-6-18)15-21-11-2-12-22(14-13-21)19(23)17-7-9-20-10-8-17/h3-6,17,20H,2,7-15H2,1H3. The molecule has 1 amide bonds. The van der Waals surface area contributed by atoms with Gasteiger partial charge in [0, 0.05) is 38.6 Å². The fraction of sp³-hybridized carbons (Fsp3) is 0.632. The maximum absolute atomic E-state index is 12.7. The van der Waals surface area contributed by atoms with Crippen molar-refractivity contribution < 1.29 is 9.53 Å². The molecule has 0 saturated carbocycles. The summed E-state index contributed by atoms with van der Waals surface area (Å²) in [6.07, 6.45) is 3.04. The van der Waals surface area contributed by atoms with E-state index in [0.717, 1.165) is 70.8 Å². The maximum atomic E-state index is 12.7. The van der Waals surface area contributed by atoms with Gasteiger partial charge < -0.3 is 15.0 Å². The number of hydrogen-bond donors (Lipinski definition) is 1. The van der Waals surface area contributed by atoms with Gasteiger partial charge >= 0.3 is 0 Å². The molecule has 5 nitrogen and oxygen atoms in total. The molecule has 0 radical (unpaired) electrons. The van der Waals surface area contributed by atoms with Gasteiger partial charge in [-0.1, -0.05) is 12.1 Å². The quantitative estimate of drug-likeness (QED) is 0.913. The van der Waals surface area contributed by atoms with Crippen LogP contribution in [0.2, 0.25) is 0 Å². The van der Waals surface area contributed by atoms with Crippen molar-refractivity contribution in [3.8, 4) is 5.75 Å². The number of carbonyl (C=O) groups is 1. The molecule has 2 saturated heterocycles. The largest absolute Gasteiger partial charge is 0.497 e. The van der Waals surface area contributed by atoms with E-state index in [9.17, 15) is 4.79 Å². The summed E-state index contributed by atoms with van der Waals surface area (Å²) in [7, 11) is 1.69. The number of hydrogen-bond acceptors (Lipinski definition) is 4. The molecule has 0 bridgehead atoms. The van der Waals surface area contributed by atoms with Crippen molar-refractivity contribution in [2.24, 2.45) is 5.92 Å². The van der Waals surface area contributed by atoms with Gasteiger partial charge in [-0.3, -0.25) is 9.69 Å². The van der Waals surface area contributed by atoms with Crippen LogP contribution in [0.25, 0.3) is 0 Å². The molecule has 0 spiro atoms. The SMILES string of the molecule is COc1ccc(CN2CCCN(C(=O)C3CCNCC3)CC2)cc1. The Morgan fingerprint density at radius 1 is 1.12 bits per heavy atom. The van der Waals surface area contributed by atoms with Gasteiger partial charge in [-0.05, 0) is 50.0 Å². The Hall–Kier alpha value is -1.59. The Labute approximate surface area is 145 Å². The van der Waals surface area contributed by atoms with Gasteiger partial charge in [0.1, 0.15) is 5.75 Å². The lowest BCUT2D eigenvalue weighted by atomic mass is 9.96. The highest BCUT2D eigenvalue weighted by Gasteiger charge is 2.27. The number of ether oxygens (including phenoxy) is 1. The summed E-state index contributed by atoms with van der Waals surface area (Å²) in [5, 5.41) is 3.34. The summed E-state index contributed by atoms with van der Waals surface area (Å²) in [5.41, 5.74) is 1.30. The van der Waals surface area contributed by atoms with Crippen LogP contribution in [0.15, 0.2) is 24.3 Å². The first-order valence-electron chi connectivity index (χ1n) is 9.11. The van der Waals surface area contributed by atoms with E-state index < -0.39 is 0 Å². The third-order valence-corrected chi connectivity index (χ3v) is 5.15. The average Bonchev–Trinajstić information content (AvgIpc) is 2.88. The van der Waals surface area contributed by atoms with E-state index in [1.54, 1.807) is 7.11 Å². The van der Waals surface area contributed by atoms with E-state index in [1.165, 1.54) is 5.56 Å². The van der Waals surface area contributed by atoms with Crippen LogP contribution in [-0.4, -0.2) is 62.1 Å². The van der Waals surface area contributed by atoms with E-state index in [0.29, 0.717) is 5.91 Å². The Morgan fingerprint density at radius 2 is 1.88 bits per heavy atom. The van der Waals surface area contributed by atoms with Gasteiger partial charge in [-0.2, -0.15) is 0 Å². The molecule has 0 aromatic heterocycles. The second-order valence-electron chi connectivity index (χ2n) is 6.83. The van der Waals surface area contributed by atoms with Gasteiger partial charge in [-0.15, -0.1) is 0 Å². The number of methoxy groups -OCH3 is 1. The van der Waals surface area contributed by atoms with Crippen LogP contribution >= 0.6 is 0 Å². The molecule has 24 heavy (non-hydrogen) atoms. The van der Waals surface area contributed by atoms with Crippen LogP contribution in [0.5, 0.6) is 5.75 Å². The van der Waals surface area contributed by atoms with E-state index in [-0.39, 0.29) is 5.92 Å². The second kappa shape index (κ2) is 8.49. The molecule has 2 aliphatic rings. The monoisotopic (exact) mass is 331 g/mol. The highest BCUT2D eigenvalue weighted by atomic mass is 16.5. The lowest BCUT2D eigenvalue weighted by molar-refractivity contribution is -0.136. The van der Waals surface area contributed by atoms with E-state index >= 15 is 0 Å². The summed E-state index contributed by atoms with van der Waals surface area (Å²) in [6.45, 7) is 6.69. The van der Waals surface area contributed by atoms with Gasteiger partial charge in [0.05, 0.1) is 7.11 Å². The van der Waals surface area contributed by atoms with Gasteiger partial charge in [0.25, 0.3) is 0 Å². The summed E-state index contributed by atoms with van der Waals surface area (Å²) in [6, 6.07) is 8.28. The second-order valence-corrected chi connectivity index (χ2v) is 6.83.